The van der Waals surface area contributed by atoms with Gasteiger partial charge >= 0.3 is 0 Å². The van der Waals surface area contributed by atoms with Gasteiger partial charge in [-0.05, 0) is 18.8 Å². The lowest BCUT2D eigenvalue weighted by Gasteiger charge is -2.29. The number of amides is 1. The van der Waals surface area contributed by atoms with Gasteiger partial charge in [0.25, 0.3) is 0 Å². The highest BCUT2D eigenvalue weighted by Gasteiger charge is 2.22. The molecule has 4 nitrogen and oxygen atoms in total. The number of rotatable bonds is 4. The highest BCUT2D eigenvalue weighted by molar-refractivity contribution is 7.99. The monoisotopic (exact) mass is 272 g/mol. The molecule has 2 unspecified atom stereocenters. The summed E-state index contributed by atoms with van der Waals surface area (Å²) in [5.41, 5.74) is 0. The van der Waals surface area contributed by atoms with Gasteiger partial charge in [-0.25, -0.2) is 0 Å². The maximum atomic E-state index is 12.1. The Bertz CT molecular complexity index is 264. The molecular weight excluding hydrogens is 248 g/mol. The van der Waals surface area contributed by atoms with E-state index < -0.39 is 0 Å². The second-order valence-corrected chi connectivity index (χ2v) is 6.44. The molecular formula is C13H24N2O2S. The smallest absolute Gasteiger partial charge is 0.223 e. The fourth-order valence-corrected chi connectivity index (χ4v) is 3.51. The molecule has 1 amide bonds. The van der Waals surface area contributed by atoms with Crippen LogP contribution in [0.15, 0.2) is 0 Å². The average Bonchev–Trinajstić information content (AvgIpc) is 2.41. The van der Waals surface area contributed by atoms with E-state index in [9.17, 15) is 4.79 Å². The predicted octanol–water partition coefficient (Wildman–Crippen LogP) is 0.967. The van der Waals surface area contributed by atoms with Gasteiger partial charge in [-0.2, -0.15) is 11.8 Å². The van der Waals surface area contributed by atoms with Crippen LogP contribution >= 0.6 is 11.8 Å². The van der Waals surface area contributed by atoms with Gasteiger partial charge in [-0.1, -0.05) is 0 Å². The summed E-state index contributed by atoms with van der Waals surface area (Å²) in [5, 5.41) is 3.42. The van der Waals surface area contributed by atoms with E-state index in [0.717, 1.165) is 38.5 Å². The minimum Gasteiger partial charge on any atom is -0.381 e. The lowest BCUT2D eigenvalue weighted by atomic mass is 10.0. The number of ether oxygens (including phenoxy) is 1. The van der Waals surface area contributed by atoms with Crippen LogP contribution in [-0.4, -0.2) is 61.7 Å². The van der Waals surface area contributed by atoms with Crippen LogP contribution in [0, 0.1) is 5.92 Å². The van der Waals surface area contributed by atoms with Crippen LogP contribution in [-0.2, 0) is 9.53 Å². The van der Waals surface area contributed by atoms with Gasteiger partial charge in [0.2, 0.25) is 5.91 Å². The molecule has 2 rings (SSSR count). The van der Waals surface area contributed by atoms with Crippen LogP contribution in [0.4, 0.5) is 0 Å². The summed E-state index contributed by atoms with van der Waals surface area (Å²) < 4.78 is 5.46. The Kier molecular flexibility index (Phi) is 5.79. The number of hydrogen-bond acceptors (Lipinski definition) is 4. The Morgan fingerprint density at radius 3 is 3.11 bits per heavy atom. The minimum atomic E-state index is 0.264. The SMILES string of the molecule is CN(CC1CCCOC1)C(=O)CC1CSCCN1. The fourth-order valence-electron chi connectivity index (χ4n) is 2.56. The summed E-state index contributed by atoms with van der Waals surface area (Å²) in [7, 11) is 1.92. The van der Waals surface area contributed by atoms with Crippen molar-refractivity contribution >= 4 is 17.7 Å². The summed E-state index contributed by atoms with van der Waals surface area (Å²) in [6.45, 7) is 3.58. The molecule has 2 saturated heterocycles. The molecule has 0 radical (unpaired) electrons. The van der Waals surface area contributed by atoms with Crippen molar-refractivity contribution in [1.29, 1.82) is 0 Å². The van der Waals surface area contributed by atoms with E-state index in [1.165, 1.54) is 12.2 Å². The van der Waals surface area contributed by atoms with Crippen LogP contribution in [0.3, 0.4) is 0 Å². The first-order chi connectivity index (χ1) is 8.75. The molecule has 104 valence electrons. The molecule has 5 heteroatoms. The van der Waals surface area contributed by atoms with Crippen molar-refractivity contribution in [3.63, 3.8) is 0 Å². The number of nitrogens with one attached hydrogen (secondary N) is 1. The quantitative estimate of drug-likeness (QED) is 0.828. The lowest BCUT2D eigenvalue weighted by molar-refractivity contribution is -0.131. The Hall–Kier alpha value is -0.260. The van der Waals surface area contributed by atoms with Gasteiger partial charge in [-0.3, -0.25) is 4.79 Å². The van der Waals surface area contributed by atoms with Crippen molar-refractivity contribution < 1.29 is 9.53 Å². The van der Waals surface area contributed by atoms with E-state index in [1.807, 2.05) is 23.7 Å². The van der Waals surface area contributed by atoms with E-state index in [4.69, 9.17) is 4.74 Å². The molecule has 2 fully saturated rings. The van der Waals surface area contributed by atoms with Crippen molar-refractivity contribution in [3.8, 4) is 0 Å². The molecule has 2 heterocycles. The van der Waals surface area contributed by atoms with Crippen molar-refractivity contribution in [2.45, 2.75) is 25.3 Å². The molecule has 1 N–H and O–H groups in total. The van der Waals surface area contributed by atoms with Crippen molar-refractivity contribution in [3.05, 3.63) is 0 Å². The third-order valence-corrected chi connectivity index (χ3v) is 4.76. The molecule has 2 aliphatic rings. The van der Waals surface area contributed by atoms with Crippen molar-refractivity contribution in [1.82, 2.24) is 10.2 Å². The minimum absolute atomic E-state index is 0.264. The van der Waals surface area contributed by atoms with Crippen LogP contribution in [0.1, 0.15) is 19.3 Å². The molecule has 0 aromatic heterocycles. The molecule has 18 heavy (non-hydrogen) atoms. The summed E-state index contributed by atoms with van der Waals surface area (Å²) >= 11 is 1.94. The second kappa shape index (κ2) is 7.36. The maximum absolute atomic E-state index is 12.1. The zero-order chi connectivity index (χ0) is 12.8. The number of thioether (sulfide) groups is 1. The average molecular weight is 272 g/mol. The van der Waals surface area contributed by atoms with E-state index in [1.54, 1.807) is 0 Å². The Morgan fingerprint density at radius 2 is 2.44 bits per heavy atom. The topological polar surface area (TPSA) is 41.6 Å². The molecule has 2 aliphatic heterocycles. The zero-order valence-electron chi connectivity index (χ0n) is 11.2. The Morgan fingerprint density at radius 1 is 1.56 bits per heavy atom. The number of hydrogen-bond donors (Lipinski definition) is 1. The standard InChI is InChI=1S/C13H24N2O2S/c1-15(8-11-3-2-5-17-9-11)13(16)7-12-10-18-6-4-14-12/h11-12,14H,2-10H2,1H3. The van der Waals surface area contributed by atoms with Crippen LogP contribution in [0.5, 0.6) is 0 Å². The lowest BCUT2D eigenvalue weighted by Crippen LogP contribution is -2.43. The van der Waals surface area contributed by atoms with Gasteiger partial charge in [0.15, 0.2) is 0 Å². The normalized spacial score (nSPS) is 28.9. The van der Waals surface area contributed by atoms with E-state index in [2.05, 4.69) is 5.32 Å². The Balaban J connectivity index is 1.69. The van der Waals surface area contributed by atoms with Gasteiger partial charge in [0, 0.05) is 50.7 Å². The summed E-state index contributed by atoms with van der Waals surface area (Å²) in [6, 6.07) is 0.362. The van der Waals surface area contributed by atoms with Crippen LogP contribution < -0.4 is 5.32 Å². The maximum Gasteiger partial charge on any atom is 0.223 e. The van der Waals surface area contributed by atoms with Gasteiger partial charge in [0.05, 0.1) is 6.61 Å². The first-order valence-corrected chi connectivity index (χ1v) is 8.04. The predicted molar refractivity (Wildman–Crippen MR) is 74.9 cm³/mol. The van der Waals surface area contributed by atoms with Crippen LogP contribution in [0.2, 0.25) is 0 Å². The number of nitrogens with zero attached hydrogens (tertiary/aromatic N) is 1. The first kappa shape index (κ1) is 14.2. The van der Waals surface area contributed by atoms with E-state index >= 15 is 0 Å². The summed E-state index contributed by atoms with van der Waals surface area (Å²) in [4.78, 5) is 14.0. The molecule has 0 bridgehead atoms. The number of carbonyl (C=O) groups is 1. The zero-order valence-corrected chi connectivity index (χ0v) is 12.0. The van der Waals surface area contributed by atoms with Crippen molar-refractivity contribution in [2.24, 2.45) is 5.92 Å². The highest BCUT2D eigenvalue weighted by Crippen LogP contribution is 2.16. The third kappa shape index (κ3) is 4.44. The first-order valence-electron chi connectivity index (χ1n) is 6.88. The molecule has 0 saturated carbocycles. The molecule has 0 spiro atoms. The fraction of sp³-hybridized carbons (Fsp3) is 0.923. The summed E-state index contributed by atoms with van der Waals surface area (Å²) in [6.07, 6.45) is 2.96. The molecule has 2 atom stereocenters. The van der Waals surface area contributed by atoms with Crippen molar-refractivity contribution in [2.75, 3.05) is 44.9 Å². The highest BCUT2D eigenvalue weighted by atomic mass is 32.2. The van der Waals surface area contributed by atoms with Gasteiger partial charge in [-0.15, -0.1) is 0 Å². The van der Waals surface area contributed by atoms with E-state index in [-0.39, 0.29) is 5.91 Å². The molecule has 0 aliphatic carbocycles. The van der Waals surface area contributed by atoms with Gasteiger partial charge < -0.3 is 15.0 Å². The number of carbonyl (C=O) groups excluding carboxylic acids is 1. The largest absolute Gasteiger partial charge is 0.381 e. The Labute approximate surface area is 114 Å². The van der Waals surface area contributed by atoms with Crippen LogP contribution in [0.25, 0.3) is 0 Å². The summed E-state index contributed by atoms with van der Waals surface area (Å²) in [5.74, 6) is 3.02. The van der Waals surface area contributed by atoms with E-state index in [0.29, 0.717) is 18.4 Å². The third-order valence-electron chi connectivity index (χ3n) is 3.63. The molecule has 0 aromatic carbocycles. The van der Waals surface area contributed by atoms with Gasteiger partial charge in [0.1, 0.15) is 0 Å². The molecule has 0 aromatic rings. The second-order valence-electron chi connectivity index (χ2n) is 5.29.